The van der Waals surface area contributed by atoms with E-state index in [1.165, 1.54) is 18.2 Å². The number of methoxy groups -OCH3 is 2. The number of benzene rings is 2. The van der Waals surface area contributed by atoms with Crippen molar-refractivity contribution >= 4 is 49.8 Å². The quantitative estimate of drug-likeness (QED) is 0.0331. The van der Waals surface area contributed by atoms with Gasteiger partial charge in [0.2, 0.25) is 5.36 Å². The van der Waals surface area contributed by atoms with Crippen LogP contribution in [0.25, 0.3) is 17.4 Å². The van der Waals surface area contributed by atoms with Crippen LogP contribution in [-0.2, 0) is 107 Å². The van der Waals surface area contributed by atoms with E-state index in [4.69, 9.17) is 66.1 Å². The highest BCUT2D eigenvalue weighted by molar-refractivity contribution is 7.86. The zero-order chi connectivity index (χ0) is 65.3. The van der Waals surface area contributed by atoms with E-state index in [0.717, 1.165) is 16.5 Å². The maximum absolute atomic E-state index is 13.0. The van der Waals surface area contributed by atoms with E-state index < -0.39 is 59.5 Å². The van der Waals surface area contributed by atoms with Gasteiger partial charge in [-0.05, 0) is 73.7 Å². The first-order valence-electron chi connectivity index (χ1n) is 30.3. The molecule has 0 saturated carbocycles. The third kappa shape index (κ3) is 26.8. The highest BCUT2D eigenvalue weighted by atomic mass is 32.2. The van der Waals surface area contributed by atoms with Crippen molar-refractivity contribution < 1.29 is 106 Å². The van der Waals surface area contributed by atoms with Crippen LogP contribution in [0.1, 0.15) is 83.1 Å². The summed E-state index contributed by atoms with van der Waals surface area (Å²) in [5, 5.41) is 1.30. The van der Waals surface area contributed by atoms with E-state index >= 15 is 0 Å². The topological polar surface area (TPSA) is 308 Å². The second-order valence-corrected chi connectivity index (χ2v) is 25.0. The fourth-order valence-electron chi connectivity index (χ4n) is 9.60. The Hall–Kier alpha value is -5.12. The van der Waals surface area contributed by atoms with Crippen LogP contribution in [-0.4, -0.2) is 234 Å². The third-order valence-electron chi connectivity index (χ3n) is 14.3. The molecule has 1 aromatic rings. The lowest BCUT2D eigenvalue weighted by Gasteiger charge is -2.30. The minimum absolute atomic E-state index is 0.00740. The van der Waals surface area contributed by atoms with Crippen molar-refractivity contribution in [3.8, 4) is 11.3 Å². The van der Waals surface area contributed by atoms with Crippen molar-refractivity contribution in [1.82, 2.24) is 9.64 Å². The van der Waals surface area contributed by atoms with Crippen molar-refractivity contribution in [3.63, 3.8) is 0 Å². The molecule has 0 N–H and O–H groups in total. The summed E-state index contributed by atoms with van der Waals surface area (Å²) in [5.41, 5.74) is 1.35. The van der Waals surface area contributed by atoms with E-state index in [1.807, 2.05) is 51.1 Å². The molecule has 1 fully saturated rings. The molecule has 1 saturated heterocycles. The minimum Gasteiger partial charge on any atom is -0.748 e. The molecule has 3 heterocycles. The van der Waals surface area contributed by atoms with E-state index in [0.29, 0.717) is 192 Å². The summed E-state index contributed by atoms with van der Waals surface area (Å²) in [6.07, 6.45) is 5.21. The molecule has 1 aromatic carbocycles. The molecule has 26 nitrogen and oxygen atoms in total. The molecule has 0 spiro atoms. The van der Waals surface area contributed by atoms with Gasteiger partial charge < -0.3 is 80.1 Å². The highest BCUT2D eigenvalue weighted by Crippen LogP contribution is 2.51. The molecule has 1 atom stereocenters. The number of anilines is 1. The van der Waals surface area contributed by atoms with E-state index in [9.17, 15) is 40.3 Å². The number of ether oxygens (including phenoxy) is 12. The number of amides is 2. The Labute approximate surface area is 529 Å². The first kappa shape index (κ1) is 75.6. The standard InChI is InChI=1S/C62H93N3O23S2/c1-61(2,3)57-46-49(10-7-11-56-62(4,19-8-12-60(68)88-65-58(66)17-18-59(65)67)53-48-51(90(72,73)74)14-16-54(53)64(56)20-9-45-89(69,70)71)52-15-13-50(47-55(52)87-57)63(21-23-77-29-31-81-37-39-85-43-41-83-35-33-79-27-25-75-5)22-24-78-30-32-82-38-40-86-44-42-84-36-34-80-28-26-76-6/h7,10-11,13-16,46-48H,8-9,12,17-45H2,1-6H3,(H-,69,70,71,72,73,74)/p-1. The summed E-state index contributed by atoms with van der Waals surface area (Å²) >= 11 is 0. The Bertz CT molecular complexity index is 2940. The Balaban J connectivity index is 1.35. The first-order chi connectivity index (χ1) is 43.2. The largest absolute Gasteiger partial charge is 0.748 e. The number of hydrogen-bond donors (Lipinski definition) is 0. The average molecular weight is 1310 g/mol. The fourth-order valence-corrected chi connectivity index (χ4v) is 10.6. The van der Waals surface area contributed by atoms with Crippen LogP contribution in [0.5, 0.6) is 0 Å². The summed E-state index contributed by atoms with van der Waals surface area (Å²) in [4.78, 5) is 43.9. The normalized spacial score (nSPS) is 16.0. The molecule has 28 heteroatoms. The lowest BCUT2D eigenvalue weighted by Crippen LogP contribution is -2.36. The number of hydrogen-bond acceptors (Lipinski definition) is 24. The molecular weight excluding hydrogens is 1220 g/mol. The van der Waals surface area contributed by atoms with Gasteiger partial charge in [0.05, 0.1) is 153 Å². The molecule has 3 aliphatic heterocycles. The van der Waals surface area contributed by atoms with Gasteiger partial charge >= 0.3 is 5.97 Å². The molecule has 1 unspecified atom stereocenters. The van der Waals surface area contributed by atoms with Gasteiger partial charge in [-0.3, -0.25) is 9.59 Å². The van der Waals surface area contributed by atoms with Gasteiger partial charge in [-0.25, -0.2) is 26.2 Å². The third-order valence-corrected chi connectivity index (χ3v) is 15.9. The zero-order valence-corrected chi connectivity index (χ0v) is 54.6. The smallest absolute Gasteiger partial charge is 0.333 e. The summed E-state index contributed by atoms with van der Waals surface area (Å²) < 4.78 is 148. The van der Waals surface area contributed by atoms with Crippen LogP contribution in [0.4, 0.5) is 5.69 Å². The van der Waals surface area contributed by atoms with Gasteiger partial charge in [-0.2, -0.15) is 0 Å². The van der Waals surface area contributed by atoms with E-state index in [1.54, 1.807) is 38.2 Å². The van der Waals surface area contributed by atoms with Crippen molar-refractivity contribution in [2.45, 2.75) is 81.9 Å². The van der Waals surface area contributed by atoms with Gasteiger partial charge in [0.1, 0.15) is 34.9 Å². The van der Waals surface area contributed by atoms with Crippen LogP contribution < -0.4 is 14.8 Å². The number of fused-ring (bicyclic) bond motifs is 2. The van der Waals surface area contributed by atoms with E-state index in [2.05, 4.69) is 4.58 Å². The number of rotatable bonds is 48. The lowest BCUT2D eigenvalue weighted by molar-refractivity contribution is -0.197. The molecular formula is C62H92N3O23S2-. The first-order valence-corrected chi connectivity index (χ1v) is 33.3. The zero-order valence-electron chi connectivity index (χ0n) is 52.9. The second-order valence-electron chi connectivity index (χ2n) is 22.1. The van der Waals surface area contributed by atoms with Gasteiger partial charge in [0.15, 0.2) is 13.1 Å². The molecule has 0 radical (unpaired) electrons. The van der Waals surface area contributed by atoms with Crippen LogP contribution in [0, 0.1) is 0 Å². The fraction of sp³-hybridized carbons (Fsp3) is 0.645. The maximum atomic E-state index is 13.0. The van der Waals surface area contributed by atoms with Gasteiger partial charge in [-0.15, -0.1) is 5.06 Å². The maximum Gasteiger partial charge on any atom is 0.333 e. The van der Waals surface area contributed by atoms with Crippen molar-refractivity contribution in [3.05, 3.63) is 82.6 Å². The molecule has 4 aliphatic rings. The van der Waals surface area contributed by atoms with E-state index in [-0.39, 0.29) is 45.1 Å². The number of carbonyl (C=O) groups excluding carboxylic acids is 3. The molecule has 2 amide bonds. The number of hydroxylamine groups is 2. The van der Waals surface area contributed by atoms with Gasteiger partial charge in [0, 0.05) is 79.6 Å². The minimum atomic E-state index is -4.96. The molecule has 1 aliphatic carbocycles. The molecule has 90 heavy (non-hydrogen) atoms. The molecule has 0 aromatic heterocycles. The molecule has 5 rings (SSSR count). The lowest BCUT2D eigenvalue weighted by atomic mass is 9.77. The Morgan fingerprint density at radius 1 is 0.644 bits per heavy atom. The van der Waals surface area contributed by atoms with Crippen LogP contribution >= 0.6 is 0 Å². The second kappa shape index (κ2) is 40.1. The summed E-state index contributed by atoms with van der Waals surface area (Å²) in [6, 6.07) is 11.8. The monoisotopic (exact) mass is 1310 g/mol. The van der Waals surface area contributed by atoms with Crippen LogP contribution in [0.15, 0.2) is 69.6 Å². The Morgan fingerprint density at radius 2 is 1.12 bits per heavy atom. The predicted molar refractivity (Wildman–Crippen MR) is 327 cm³/mol. The number of nitrogens with zero attached hydrogens (tertiary/aromatic N) is 3. The number of imide groups is 1. The predicted octanol–water partition coefficient (Wildman–Crippen LogP) is 4.20. The summed E-state index contributed by atoms with van der Waals surface area (Å²) in [6.45, 7) is 18.5. The Kier molecular flexibility index (Phi) is 33.7. The Morgan fingerprint density at radius 3 is 1.58 bits per heavy atom. The van der Waals surface area contributed by atoms with Crippen LogP contribution in [0.2, 0.25) is 0 Å². The average Bonchev–Trinajstić information content (AvgIpc) is 1.57. The number of allylic oxidation sites excluding steroid dienone is 3. The summed E-state index contributed by atoms with van der Waals surface area (Å²) in [7, 11) is -6.34. The van der Waals surface area contributed by atoms with Gasteiger partial charge in [-0.1, -0.05) is 32.9 Å². The molecule has 0 bridgehead atoms. The van der Waals surface area contributed by atoms with Crippen molar-refractivity contribution in [2.24, 2.45) is 0 Å². The highest BCUT2D eigenvalue weighted by Gasteiger charge is 2.44. The summed E-state index contributed by atoms with van der Waals surface area (Å²) in [5.74, 6) is -1.55. The SMILES string of the molecule is COCCOCCOCCOCCOCCOCC[N+](CCOCCOCCOCCOCCOCCOC)=c1ccc2c(/C=C/C=C3\N(CCCS(=O)(=O)[O-])c4ccc(S(=O)(=O)[O-])cc4C3(C)CCCC(=O)ON3C(=O)CCC3=O)cc(C(C)(C)C)oc-2c1. The van der Waals surface area contributed by atoms with Crippen molar-refractivity contribution in [2.75, 3.05) is 190 Å². The van der Waals surface area contributed by atoms with Crippen molar-refractivity contribution in [1.29, 1.82) is 0 Å². The van der Waals surface area contributed by atoms with Crippen LogP contribution in [0.3, 0.4) is 0 Å². The molecule has 506 valence electrons. The number of carbonyl (C=O) groups is 3. The van der Waals surface area contributed by atoms with Gasteiger partial charge in [0.25, 0.3) is 11.8 Å².